The second-order valence-electron chi connectivity index (χ2n) is 4.08. The monoisotopic (exact) mass is 337 g/mol. The highest BCUT2D eigenvalue weighted by Crippen LogP contribution is 2.37. The van der Waals surface area contributed by atoms with Crippen LogP contribution in [0, 0.1) is 0 Å². The number of fused-ring (bicyclic) bond motifs is 1. The fourth-order valence-corrected chi connectivity index (χ4v) is 4.74. The Morgan fingerprint density at radius 2 is 1.94 bits per heavy atom. The maximum Gasteiger partial charge on any atom is 0.0608 e. The van der Waals surface area contributed by atoms with Gasteiger partial charge in [-0.3, -0.25) is 0 Å². The Morgan fingerprint density at radius 3 is 2.67 bits per heavy atom. The van der Waals surface area contributed by atoms with E-state index in [0.717, 1.165) is 0 Å². The second-order valence-corrected chi connectivity index (χ2v) is 6.59. The highest BCUT2D eigenvalue weighted by molar-refractivity contribution is 9.10. The molecule has 0 fully saturated rings. The molecule has 0 aliphatic heterocycles. The SMILES string of the molecule is CNC(c1cscc1Br)c1csc2ccccc12. The summed E-state index contributed by atoms with van der Waals surface area (Å²) in [6.07, 6.45) is 0. The third-order valence-electron chi connectivity index (χ3n) is 3.06. The number of thiophene rings is 2. The van der Waals surface area contributed by atoms with Crippen LogP contribution in [0.2, 0.25) is 0 Å². The van der Waals surface area contributed by atoms with E-state index < -0.39 is 0 Å². The maximum absolute atomic E-state index is 3.63. The number of hydrogen-bond acceptors (Lipinski definition) is 3. The lowest BCUT2D eigenvalue weighted by Gasteiger charge is -2.15. The molecule has 92 valence electrons. The first kappa shape index (κ1) is 12.4. The van der Waals surface area contributed by atoms with Crippen molar-refractivity contribution in [2.24, 2.45) is 0 Å². The summed E-state index contributed by atoms with van der Waals surface area (Å²) in [7, 11) is 2.02. The van der Waals surface area contributed by atoms with Gasteiger partial charge in [0.1, 0.15) is 0 Å². The number of halogens is 1. The Labute approximate surface area is 123 Å². The topological polar surface area (TPSA) is 12.0 Å². The molecule has 0 radical (unpaired) electrons. The largest absolute Gasteiger partial charge is 0.309 e. The van der Waals surface area contributed by atoms with Crippen molar-refractivity contribution < 1.29 is 0 Å². The molecule has 0 spiro atoms. The summed E-state index contributed by atoms with van der Waals surface area (Å²) >= 11 is 7.17. The van der Waals surface area contributed by atoms with Gasteiger partial charge in [0.2, 0.25) is 0 Å². The van der Waals surface area contributed by atoms with Gasteiger partial charge in [-0.05, 0) is 56.3 Å². The maximum atomic E-state index is 3.63. The van der Waals surface area contributed by atoms with Gasteiger partial charge in [-0.15, -0.1) is 11.3 Å². The number of rotatable bonds is 3. The second kappa shape index (κ2) is 5.13. The molecule has 1 nitrogen and oxygen atoms in total. The zero-order valence-corrected chi connectivity index (χ0v) is 13.0. The van der Waals surface area contributed by atoms with Crippen LogP contribution in [0.1, 0.15) is 17.2 Å². The van der Waals surface area contributed by atoms with E-state index in [1.807, 2.05) is 18.4 Å². The lowest BCUT2D eigenvalue weighted by molar-refractivity contribution is 0.698. The van der Waals surface area contributed by atoms with Gasteiger partial charge in [-0.25, -0.2) is 0 Å². The van der Waals surface area contributed by atoms with E-state index in [1.165, 1.54) is 25.7 Å². The summed E-state index contributed by atoms with van der Waals surface area (Å²) in [5.41, 5.74) is 2.67. The summed E-state index contributed by atoms with van der Waals surface area (Å²) < 4.78 is 2.53. The predicted octanol–water partition coefficient (Wildman–Crippen LogP) is 5.03. The van der Waals surface area contributed by atoms with Crippen molar-refractivity contribution in [1.29, 1.82) is 0 Å². The molecular formula is C14H12BrNS2. The quantitative estimate of drug-likeness (QED) is 0.706. The van der Waals surface area contributed by atoms with Crippen molar-refractivity contribution in [3.8, 4) is 0 Å². The number of benzene rings is 1. The van der Waals surface area contributed by atoms with Crippen molar-refractivity contribution >= 4 is 48.7 Å². The minimum Gasteiger partial charge on any atom is -0.309 e. The van der Waals surface area contributed by atoms with Gasteiger partial charge in [-0.1, -0.05) is 18.2 Å². The van der Waals surface area contributed by atoms with E-state index in [1.54, 1.807) is 11.3 Å². The molecule has 2 aromatic heterocycles. The first-order valence-corrected chi connectivity index (χ1v) is 8.28. The van der Waals surface area contributed by atoms with Crippen LogP contribution in [0.4, 0.5) is 0 Å². The van der Waals surface area contributed by atoms with Gasteiger partial charge < -0.3 is 5.32 Å². The Balaban J connectivity index is 2.15. The lowest BCUT2D eigenvalue weighted by atomic mass is 10.0. The molecule has 0 bridgehead atoms. The molecule has 1 N–H and O–H groups in total. The number of nitrogens with one attached hydrogen (secondary N) is 1. The van der Waals surface area contributed by atoms with Gasteiger partial charge in [0.15, 0.2) is 0 Å². The zero-order chi connectivity index (χ0) is 12.5. The van der Waals surface area contributed by atoms with Crippen LogP contribution >= 0.6 is 38.6 Å². The fourth-order valence-electron chi connectivity index (χ4n) is 2.20. The molecule has 1 aromatic carbocycles. The molecule has 3 aromatic rings. The van der Waals surface area contributed by atoms with Crippen LogP contribution in [0.5, 0.6) is 0 Å². The molecule has 0 amide bonds. The van der Waals surface area contributed by atoms with Crippen molar-refractivity contribution in [2.75, 3.05) is 7.05 Å². The minimum absolute atomic E-state index is 0.252. The van der Waals surface area contributed by atoms with Crippen molar-refractivity contribution in [2.45, 2.75) is 6.04 Å². The van der Waals surface area contributed by atoms with Crippen LogP contribution in [0.25, 0.3) is 10.1 Å². The zero-order valence-electron chi connectivity index (χ0n) is 9.81. The minimum atomic E-state index is 0.252. The summed E-state index contributed by atoms with van der Waals surface area (Å²) in [6, 6.07) is 8.83. The molecule has 0 saturated heterocycles. The Hall–Kier alpha value is -0.680. The van der Waals surface area contributed by atoms with Crippen LogP contribution < -0.4 is 5.32 Å². The molecule has 0 aliphatic rings. The first-order chi connectivity index (χ1) is 8.81. The van der Waals surface area contributed by atoms with E-state index in [4.69, 9.17) is 0 Å². The highest BCUT2D eigenvalue weighted by atomic mass is 79.9. The molecule has 3 rings (SSSR count). The average Bonchev–Trinajstić information content (AvgIpc) is 2.99. The summed E-state index contributed by atoms with van der Waals surface area (Å²) in [5, 5.41) is 11.4. The average molecular weight is 338 g/mol. The van der Waals surface area contributed by atoms with Crippen molar-refractivity contribution in [3.63, 3.8) is 0 Å². The van der Waals surface area contributed by atoms with Crippen LogP contribution in [0.15, 0.2) is 44.9 Å². The van der Waals surface area contributed by atoms with Gasteiger partial charge in [0.05, 0.1) is 6.04 Å². The molecule has 18 heavy (non-hydrogen) atoms. The van der Waals surface area contributed by atoms with E-state index in [0.29, 0.717) is 0 Å². The van der Waals surface area contributed by atoms with Gasteiger partial charge in [0, 0.05) is 14.6 Å². The highest BCUT2D eigenvalue weighted by Gasteiger charge is 2.18. The molecule has 1 atom stereocenters. The van der Waals surface area contributed by atoms with E-state index in [-0.39, 0.29) is 6.04 Å². The van der Waals surface area contributed by atoms with Crippen LogP contribution in [-0.2, 0) is 0 Å². The van der Waals surface area contributed by atoms with Crippen molar-refractivity contribution in [3.05, 3.63) is 56.0 Å². The van der Waals surface area contributed by atoms with Crippen LogP contribution in [0.3, 0.4) is 0 Å². The standard InChI is InChI=1S/C14H12BrNS2/c1-16-14(11-6-17-8-12(11)15)10-7-18-13-5-3-2-4-9(10)13/h2-8,14,16H,1H3. The molecular weight excluding hydrogens is 326 g/mol. The number of hydrogen-bond donors (Lipinski definition) is 1. The van der Waals surface area contributed by atoms with E-state index in [9.17, 15) is 0 Å². The molecule has 0 saturated carbocycles. The van der Waals surface area contributed by atoms with Gasteiger partial charge >= 0.3 is 0 Å². The van der Waals surface area contributed by atoms with E-state index >= 15 is 0 Å². The lowest BCUT2D eigenvalue weighted by Crippen LogP contribution is -2.16. The third kappa shape index (κ3) is 2.03. The molecule has 1 unspecified atom stereocenters. The Kier molecular flexibility index (Phi) is 3.52. The smallest absolute Gasteiger partial charge is 0.0608 e. The predicted molar refractivity (Wildman–Crippen MR) is 84.7 cm³/mol. The summed E-state index contributed by atoms with van der Waals surface area (Å²) in [5.74, 6) is 0. The van der Waals surface area contributed by atoms with E-state index in [2.05, 4.69) is 61.7 Å². The van der Waals surface area contributed by atoms with Gasteiger partial charge in [0.25, 0.3) is 0 Å². The molecule has 2 heterocycles. The summed E-state index contributed by atoms with van der Waals surface area (Å²) in [6.45, 7) is 0. The summed E-state index contributed by atoms with van der Waals surface area (Å²) in [4.78, 5) is 0. The van der Waals surface area contributed by atoms with Gasteiger partial charge in [-0.2, -0.15) is 11.3 Å². The molecule has 4 heteroatoms. The third-order valence-corrected chi connectivity index (χ3v) is 5.80. The van der Waals surface area contributed by atoms with Crippen LogP contribution in [-0.4, -0.2) is 7.05 Å². The first-order valence-electron chi connectivity index (χ1n) is 5.66. The van der Waals surface area contributed by atoms with Crippen molar-refractivity contribution in [1.82, 2.24) is 5.32 Å². The normalized spacial score (nSPS) is 13.0. The Morgan fingerprint density at radius 1 is 1.11 bits per heavy atom. The molecule has 0 aliphatic carbocycles. The Bertz CT molecular complexity index is 671. The fraction of sp³-hybridized carbons (Fsp3) is 0.143.